The molecule has 1 aliphatic carbocycles. The summed E-state index contributed by atoms with van der Waals surface area (Å²) >= 11 is 7.72. The van der Waals surface area contributed by atoms with E-state index in [1.807, 2.05) is 13.2 Å². The number of hydrogen-bond acceptors (Lipinski definition) is 3. The second kappa shape index (κ2) is 3.96. The molecule has 88 valence electrons. The number of carbonyl (C=O) groups excluding carboxylic acids is 1. The van der Waals surface area contributed by atoms with Gasteiger partial charge in [0.1, 0.15) is 0 Å². The van der Waals surface area contributed by atoms with Gasteiger partial charge in [0.05, 0.1) is 15.4 Å². The standard InChI is InChI=1S/C12H11ClN2OS/c1-15-6-7(5-14-15)11-10-8(12(13)17-11)3-2-4-9(10)16/h5-6H,2-4H2,1H3. The number of ketones is 1. The van der Waals surface area contributed by atoms with Crippen molar-refractivity contribution in [2.75, 3.05) is 0 Å². The van der Waals surface area contributed by atoms with Crippen LogP contribution in [0.25, 0.3) is 10.4 Å². The van der Waals surface area contributed by atoms with E-state index in [0.717, 1.165) is 38.7 Å². The van der Waals surface area contributed by atoms with Crippen LogP contribution < -0.4 is 0 Å². The summed E-state index contributed by atoms with van der Waals surface area (Å²) in [6, 6.07) is 0. The van der Waals surface area contributed by atoms with Crippen LogP contribution in [-0.4, -0.2) is 15.6 Å². The zero-order valence-corrected chi connectivity index (χ0v) is 10.9. The highest BCUT2D eigenvalue weighted by Crippen LogP contribution is 2.42. The van der Waals surface area contributed by atoms with Crippen molar-refractivity contribution in [2.24, 2.45) is 7.05 Å². The summed E-state index contributed by atoms with van der Waals surface area (Å²) in [4.78, 5) is 13.0. The van der Waals surface area contributed by atoms with Crippen LogP contribution in [0.5, 0.6) is 0 Å². The first-order chi connectivity index (χ1) is 8.16. The molecule has 0 radical (unpaired) electrons. The Morgan fingerprint density at radius 1 is 1.47 bits per heavy atom. The number of rotatable bonds is 1. The zero-order chi connectivity index (χ0) is 12.0. The number of aromatic nitrogens is 2. The second-order valence-corrected chi connectivity index (χ2v) is 5.86. The molecule has 0 aliphatic heterocycles. The Balaban J connectivity index is 2.21. The normalized spacial score (nSPS) is 15.1. The van der Waals surface area contributed by atoms with E-state index in [4.69, 9.17) is 11.6 Å². The maximum atomic E-state index is 12.0. The first-order valence-electron chi connectivity index (χ1n) is 5.50. The lowest BCUT2D eigenvalue weighted by atomic mass is 9.91. The predicted molar refractivity (Wildman–Crippen MR) is 68.8 cm³/mol. The average Bonchev–Trinajstić information content (AvgIpc) is 2.85. The van der Waals surface area contributed by atoms with Gasteiger partial charge in [0.25, 0.3) is 0 Å². The fourth-order valence-electron chi connectivity index (χ4n) is 2.25. The van der Waals surface area contributed by atoms with Crippen molar-refractivity contribution in [3.05, 3.63) is 27.9 Å². The number of nitrogens with zero attached hydrogens (tertiary/aromatic N) is 2. The van der Waals surface area contributed by atoms with Gasteiger partial charge in [0, 0.05) is 30.8 Å². The predicted octanol–water partition coefficient (Wildman–Crippen LogP) is 3.32. The van der Waals surface area contributed by atoms with Gasteiger partial charge in [-0.3, -0.25) is 9.48 Å². The van der Waals surface area contributed by atoms with Crippen LogP contribution in [0.4, 0.5) is 0 Å². The van der Waals surface area contributed by atoms with Crippen molar-refractivity contribution in [1.82, 2.24) is 9.78 Å². The fraction of sp³-hybridized carbons (Fsp3) is 0.333. The third kappa shape index (κ3) is 1.72. The summed E-state index contributed by atoms with van der Waals surface area (Å²) in [6.45, 7) is 0. The highest BCUT2D eigenvalue weighted by molar-refractivity contribution is 7.20. The van der Waals surface area contributed by atoms with Gasteiger partial charge in [-0.15, -0.1) is 11.3 Å². The monoisotopic (exact) mass is 266 g/mol. The van der Waals surface area contributed by atoms with Crippen LogP contribution in [0.1, 0.15) is 28.8 Å². The van der Waals surface area contributed by atoms with Crippen LogP contribution in [0.3, 0.4) is 0 Å². The van der Waals surface area contributed by atoms with Crippen molar-refractivity contribution in [3.8, 4) is 10.4 Å². The molecule has 0 aromatic carbocycles. The molecule has 2 aromatic heterocycles. The molecule has 5 heteroatoms. The van der Waals surface area contributed by atoms with E-state index in [0.29, 0.717) is 6.42 Å². The number of halogens is 1. The molecule has 0 spiro atoms. The molecule has 0 fully saturated rings. The van der Waals surface area contributed by atoms with E-state index < -0.39 is 0 Å². The Morgan fingerprint density at radius 3 is 3.00 bits per heavy atom. The van der Waals surface area contributed by atoms with Gasteiger partial charge in [-0.25, -0.2) is 0 Å². The smallest absolute Gasteiger partial charge is 0.164 e. The topological polar surface area (TPSA) is 34.9 Å². The minimum Gasteiger partial charge on any atom is -0.294 e. The van der Waals surface area contributed by atoms with Crippen molar-refractivity contribution in [2.45, 2.75) is 19.3 Å². The number of aryl methyl sites for hydroxylation is 1. The molecule has 3 rings (SSSR count). The first kappa shape index (κ1) is 11.0. The minimum absolute atomic E-state index is 0.216. The van der Waals surface area contributed by atoms with Crippen molar-refractivity contribution < 1.29 is 4.79 Å². The quantitative estimate of drug-likeness (QED) is 0.794. The van der Waals surface area contributed by atoms with Crippen molar-refractivity contribution >= 4 is 28.7 Å². The Kier molecular flexibility index (Phi) is 2.56. The van der Waals surface area contributed by atoms with Crippen LogP contribution in [0.2, 0.25) is 4.34 Å². The Hall–Kier alpha value is -1.13. The molecular weight excluding hydrogens is 256 g/mol. The van der Waals surface area contributed by atoms with Gasteiger partial charge >= 0.3 is 0 Å². The molecule has 0 saturated heterocycles. The molecule has 2 aromatic rings. The third-order valence-electron chi connectivity index (χ3n) is 3.03. The fourth-order valence-corrected chi connectivity index (χ4v) is 3.74. The van der Waals surface area contributed by atoms with Crippen LogP contribution in [0.15, 0.2) is 12.4 Å². The summed E-state index contributed by atoms with van der Waals surface area (Å²) in [5.74, 6) is 0.216. The van der Waals surface area contributed by atoms with Crippen LogP contribution in [-0.2, 0) is 13.5 Å². The first-order valence-corrected chi connectivity index (χ1v) is 6.69. The van der Waals surface area contributed by atoms with Crippen LogP contribution >= 0.6 is 22.9 Å². The van der Waals surface area contributed by atoms with E-state index in [1.54, 1.807) is 10.9 Å². The lowest BCUT2D eigenvalue weighted by molar-refractivity contribution is 0.0974. The number of thiophene rings is 1. The summed E-state index contributed by atoms with van der Waals surface area (Å²) in [5.41, 5.74) is 2.85. The maximum absolute atomic E-state index is 12.0. The Bertz CT molecular complexity index is 600. The molecule has 3 nitrogen and oxygen atoms in total. The molecule has 0 bridgehead atoms. The highest BCUT2D eigenvalue weighted by Gasteiger charge is 2.27. The zero-order valence-electron chi connectivity index (χ0n) is 9.36. The van der Waals surface area contributed by atoms with Gasteiger partial charge in [0.15, 0.2) is 5.78 Å². The molecule has 1 aliphatic rings. The maximum Gasteiger partial charge on any atom is 0.164 e. The molecular formula is C12H11ClN2OS. The molecule has 0 saturated carbocycles. The van der Waals surface area contributed by atoms with Gasteiger partial charge in [0.2, 0.25) is 0 Å². The molecule has 0 amide bonds. The summed E-state index contributed by atoms with van der Waals surface area (Å²) in [6.07, 6.45) is 6.16. The molecule has 0 atom stereocenters. The Labute approximate surface area is 108 Å². The summed E-state index contributed by atoms with van der Waals surface area (Å²) in [5, 5.41) is 4.15. The van der Waals surface area contributed by atoms with Crippen molar-refractivity contribution in [1.29, 1.82) is 0 Å². The van der Waals surface area contributed by atoms with E-state index in [-0.39, 0.29) is 5.78 Å². The van der Waals surface area contributed by atoms with Gasteiger partial charge < -0.3 is 0 Å². The number of fused-ring (bicyclic) bond motifs is 1. The lowest BCUT2D eigenvalue weighted by Gasteiger charge is -2.11. The van der Waals surface area contributed by atoms with Crippen molar-refractivity contribution in [3.63, 3.8) is 0 Å². The van der Waals surface area contributed by atoms with E-state index in [1.165, 1.54) is 11.3 Å². The van der Waals surface area contributed by atoms with E-state index in [2.05, 4.69) is 5.10 Å². The number of Topliss-reactive ketones (excluding diaryl/α,β-unsaturated/α-hetero) is 1. The molecule has 17 heavy (non-hydrogen) atoms. The third-order valence-corrected chi connectivity index (χ3v) is 4.56. The van der Waals surface area contributed by atoms with Gasteiger partial charge in [-0.05, 0) is 18.4 Å². The molecule has 0 unspecified atom stereocenters. The molecule has 0 N–H and O–H groups in total. The lowest BCUT2D eigenvalue weighted by Crippen LogP contribution is -2.09. The van der Waals surface area contributed by atoms with E-state index in [9.17, 15) is 4.79 Å². The number of hydrogen-bond donors (Lipinski definition) is 0. The SMILES string of the molecule is Cn1cc(-c2sc(Cl)c3c2C(=O)CCC3)cn1. The van der Waals surface area contributed by atoms with Crippen LogP contribution in [0, 0.1) is 0 Å². The van der Waals surface area contributed by atoms with Gasteiger partial charge in [-0.2, -0.15) is 5.10 Å². The second-order valence-electron chi connectivity index (χ2n) is 4.24. The van der Waals surface area contributed by atoms with E-state index >= 15 is 0 Å². The number of carbonyl (C=O) groups is 1. The minimum atomic E-state index is 0.216. The highest BCUT2D eigenvalue weighted by atomic mass is 35.5. The Morgan fingerprint density at radius 2 is 2.29 bits per heavy atom. The average molecular weight is 267 g/mol. The summed E-state index contributed by atoms with van der Waals surface area (Å²) in [7, 11) is 1.87. The van der Waals surface area contributed by atoms with Gasteiger partial charge in [-0.1, -0.05) is 11.6 Å². The summed E-state index contributed by atoms with van der Waals surface area (Å²) < 4.78 is 2.50. The largest absolute Gasteiger partial charge is 0.294 e. The molecule has 2 heterocycles.